The Labute approximate surface area is 84.3 Å². The van der Waals surface area contributed by atoms with Crippen molar-refractivity contribution in [3.63, 3.8) is 0 Å². The van der Waals surface area contributed by atoms with Crippen LogP contribution in [0.1, 0.15) is 14.4 Å². The van der Waals surface area contributed by atoms with Gasteiger partial charge in [-0.2, -0.15) is 0 Å². The summed E-state index contributed by atoms with van der Waals surface area (Å²) in [4.78, 5) is 16.6. The van der Waals surface area contributed by atoms with Crippen molar-refractivity contribution in [2.75, 3.05) is 0 Å². The third kappa shape index (κ3) is 3360. The fraction of sp³-hybridized carbons (Fsp3) is 0.333. The van der Waals surface area contributed by atoms with Gasteiger partial charge in [0.05, 0.1) is 0 Å². The molecule has 0 unspecified atom stereocenters. The summed E-state index contributed by atoms with van der Waals surface area (Å²) in [6, 6.07) is 0. The average Bonchev–Trinajstić information content (AvgIpc) is 1.46. The largest absolute Gasteiger partial charge is 0.545 e. The minimum atomic E-state index is 0. The molecular weight excluding hydrogens is 193 g/mol. The van der Waals surface area contributed by atoms with Gasteiger partial charge in [-0.1, -0.05) is 7.43 Å². The van der Waals surface area contributed by atoms with E-state index in [1.165, 1.54) is 6.92 Å². The third-order valence-corrected chi connectivity index (χ3v) is 0. The zero-order valence-electron chi connectivity index (χ0n) is 5.55. The van der Waals surface area contributed by atoms with E-state index in [1.807, 2.05) is 0 Å². The van der Waals surface area contributed by atoms with E-state index in [9.17, 15) is 0 Å². The van der Waals surface area contributed by atoms with Gasteiger partial charge in [0.15, 0.2) is 0 Å². The molecule has 0 bridgehead atoms. The molecule has 0 aliphatic carbocycles. The van der Waals surface area contributed by atoms with Gasteiger partial charge in [-0.05, 0) is 6.92 Å². The Morgan fingerprint density at radius 3 is 1.33 bits per heavy atom. The van der Waals surface area contributed by atoms with Crippen LogP contribution in [0.4, 0.5) is 0 Å². The van der Waals surface area contributed by atoms with Crippen LogP contribution < -0.4 is 0 Å². The second kappa shape index (κ2) is 258. The van der Waals surface area contributed by atoms with Gasteiger partial charge in [0.25, 0.3) is 0 Å². The Bertz CT molecular complexity index is 25.0. The van der Waals surface area contributed by atoms with Crippen LogP contribution in [0.3, 0.4) is 0 Å². The van der Waals surface area contributed by atoms with Crippen LogP contribution in [-0.4, -0.2) is 13.1 Å². The molecule has 0 saturated heterocycles. The predicted octanol–water partition coefficient (Wildman–Crippen LogP) is 1.47. The molecular formula is C6H15O2Y-. The van der Waals surface area contributed by atoms with Gasteiger partial charge in [-0.25, -0.2) is 0 Å². The first-order chi connectivity index (χ1) is 2.41. The standard InChI is InChI=1S/C2H4O.CHO.CH4.2CH3.Y/c1-2-3;1-2;;;;/h2H,1H3;1H;1H4;2*1H3;/q;-1;;-1;+1;. The molecule has 2 nitrogen and oxygen atoms in total. The molecule has 0 aliphatic heterocycles. The maximum Gasteiger partial charge on any atom is 0.116 e. The molecule has 0 atom stereocenters. The summed E-state index contributed by atoms with van der Waals surface area (Å²) in [5.74, 6) is 0. The van der Waals surface area contributed by atoms with Crippen LogP contribution in [0.2, 0.25) is 0 Å². The minimum absolute atomic E-state index is 0. The quantitative estimate of drug-likeness (QED) is 0.446. The maximum atomic E-state index is 8.81. The summed E-state index contributed by atoms with van der Waals surface area (Å²) in [6.45, 7) is 4.69. The predicted molar refractivity (Wildman–Crippen MR) is 38.0 cm³/mol. The molecule has 3 heteroatoms. The summed E-state index contributed by atoms with van der Waals surface area (Å²) in [7, 11) is 0. The minimum Gasteiger partial charge on any atom is -0.545 e. The Hall–Kier alpha value is 0.314. The van der Waals surface area contributed by atoms with Gasteiger partial charge in [0.1, 0.15) is 6.29 Å². The molecule has 0 aromatic carbocycles. The van der Waals surface area contributed by atoms with Gasteiger partial charge >= 0.3 is 0 Å². The molecule has 0 aromatic heterocycles. The number of aldehydes is 1. The molecule has 0 N–H and O–H groups in total. The first-order valence-electron chi connectivity index (χ1n) is 1.05. The maximum absolute atomic E-state index is 8.81. The van der Waals surface area contributed by atoms with E-state index in [4.69, 9.17) is 9.59 Å². The molecule has 0 aliphatic rings. The monoisotopic (exact) mass is 208 g/mol. The van der Waals surface area contributed by atoms with E-state index in [2.05, 4.69) is 6.79 Å². The van der Waals surface area contributed by atoms with E-state index < -0.39 is 0 Å². The fourth-order valence-corrected chi connectivity index (χ4v) is 0. The van der Waals surface area contributed by atoms with Crippen molar-refractivity contribution in [3.05, 3.63) is 14.9 Å². The molecule has 0 amide bonds. The van der Waals surface area contributed by atoms with Crippen molar-refractivity contribution in [3.8, 4) is 0 Å². The molecule has 0 spiro atoms. The van der Waals surface area contributed by atoms with Crippen LogP contribution in [0.15, 0.2) is 0 Å². The summed E-state index contributed by atoms with van der Waals surface area (Å²) >= 11 is 0. The molecule has 55 valence electrons. The normalized spacial score (nSPS) is 1.89. The van der Waals surface area contributed by atoms with Gasteiger partial charge in [-0.3, -0.25) is 6.79 Å². The molecule has 1 radical (unpaired) electrons. The van der Waals surface area contributed by atoms with E-state index in [0.717, 1.165) is 6.29 Å². The van der Waals surface area contributed by atoms with Crippen molar-refractivity contribution in [2.24, 2.45) is 0 Å². The third-order valence-electron chi connectivity index (χ3n) is 0. The van der Waals surface area contributed by atoms with Crippen LogP contribution in [0.25, 0.3) is 0 Å². The van der Waals surface area contributed by atoms with E-state index in [1.54, 1.807) is 0 Å². The Kier molecular flexibility index (Phi) is 1680. The topological polar surface area (TPSA) is 34.1 Å². The molecule has 0 aromatic rings. The van der Waals surface area contributed by atoms with E-state index in [-0.39, 0.29) is 55.0 Å². The number of hydrogen-bond acceptors (Lipinski definition) is 2. The molecule has 0 saturated carbocycles. The second-order valence-corrected chi connectivity index (χ2v) is 0.236. The summed E-state index contributed by atoms with van der Waals surface area (Å²) < 4.78 is 0. The van der Waals surface area contributed by atoms with Crippen LogP contribution in [0.5, 0.6) is 0 Å². The smallest absolute Gasteiger partial charge is 0.116 e. The zero-order valence-corrected chi connectivity index (χ0v) is 8.39. The SMILES string of the molecule is C.CC=O.[CH-]=O.[CH3+].[CH3-].[Y]. The first kappa shape index (κ1) is 58.6. The van der Waals surface area contributed by atoms with E-state index in [0.29, 0.717) is 0 Å². The zero-order chi connectivity index (χ0) is 4.71. The molecule has 0 rings (SSSR count). The van der Waals surface area contributed by atoms with Crippen LogP contribution in [0, 0.1) is 14.9 Å². The Morgan fingerprint density at radius 1 is 1.33 bits per heavy atom. The Balaban J connectivity index is -0.00000000357. The second-order valence-electron chi connectivity index (χ2n) is 0.236. The van der Waals surface area contributed by atoms with Crippen molar-refractivity contribution in [1.82, 2.24) is 0 Å². The summed E-state index contributed by atoms with van der Waals surface area (Å²) in [5, 5.41) is 0. The van der Waals surface area contributed by atoms with Crippen molar-refractivity contribution < 1.29 is 42.3 Å². The molecule has 0 fully saturated rings. The van der Waals surface area contributed by atoms with Crippen LogP contribution >= 0.6 is 0 Å². The van der Waals surface area contributed by atoms with Gasteiger partial charge in [-0.15, -0.1) is 0 Å². The first-order valence-corrected chi connectivity index (χ1v) is 1.05. The number of rotatable bonds is 0. The fourth-order valence-electron chi connectivity index (χ4n) is 0. The number of hydrogen-bond donors (Lipinski definition) is 0. The van der Waals surface area contributed by atoms with Crippen molar-refractivity contribution >= 4 is 13.1 Å². The summed E-state index contributed by atoms with van der Waals surface area (Å²) in [5.41, 5.74) is 0. The van der Waals surface area contributed by atoms with Crippen LogP contribution in [-0.2, 0) is 42.3 Å². The number of carbonyl (C=O) groups is 1. The average molecular weight is 208 g/mol. The van der Waals surface area contributed by atoms with Gasteiger partial charge in [0.2, 0.25) is 0 Å². The Morgan fingerprint density at radius 2 is 1.33 bits per heavy atom. The van der Waals surface area contributed by atoms with Crippen molar-refractivity contribution in [2.45, 2.75) is 14.4 Å². The molecule has 0 heterocycles. The van der Waals surface area contributed by atoms with E-state index >= 15 is 0 Å². The molecule has 9 heavy (non-hydrogen) atoms. The van der Waals surface area contributed by atoms with Crippen molar-refractivity contribution in [1.29, 1.82) is 0 Å². The van der Waals surface area contributed by atoms with Gasteiger partial charge < -0.3 is 17.0 Å². The number of carbonyl (C=O) groups excluding carboxylic acids is 2. The summed E-state index contributed by atoms with van der Waals surface area (Å²) in [6.07, 6.45) is 0.750. The van der Waals surface area contributed by atoms with Gasteiger partial charge in [0, 0.05) is 40.1 Å².